The standard InChI is InChI=1S/C16H15F4N3O2/c1-25-13-3-2-9(6-11(13)17)7-23-5-4-12-10(8-23)14(24)22-15(21-12)16(18,19)20/h2-3,6H,4-5,7-8H2,1H3,(H,21,22,24). The molecular formula is C16H15F4N3O2. The number of ether oxygens (including phenoxy) is 1. The highest BCUT2D eigenvalue weighted by Crippen LogP contribution is 2.27. The fourth-order valence-electron chi connectivity index (χ4n) is 2.82. The van der Waals surface area contributed by atoms with Crippen LogP contribution >= 0.6 is 0 Å². The molecule has 0 unspecified atom stereocenters. The lowest BCUT2D eigenvalue weighted by molar-refractivity contribution is -0.145. The zero-order valence-corrected chi connectivity index (χ0v) is 13.3. The first kappa shape index (κ1) is 17.4. The summed E-state index contributed by atoms with van der Waals surface area (Å²) in [7, 11) is 1.37. The highest BCUT2D eigenvalue weighted by Gasteiger charge is 2.35. The van der Waals surface area contributed by atoms with E-state index < -0.39 is 23.4 Å². The molecule has 1 N–H and O–H groups in total. The van der Waals surface area contributed by atoms with Crippen molar-refractivity contribution in [3.63, 3.8) is 0 Å². The summed E-state index contributed by atoms with van der Waals surface area (Å²) in [6, 6.07) is 4.54. The number of nitrogens with one attached hydrogen (secondary N) is 1. The molecule has 0 radical (unpaired) electrons. The Morgan fingerprint density at radius 1 is 1.36 bits per heavy atom. The second kappa shape index (κ2) is 6.47. The molecule has 2 heterocycles. The van der Waals surface area contributed by atoms with Gasteiger partial charge in [-0.1, -0.05) is 6.07 Å². The van der Waals surface area contributed by atoms with Gasteiger partial charge in [-0.15, -0.1) is 0 Å². The number of aromatic nitrogens is 2. The molecule has 0 amide bonds. The minimum absolute atomic E-state index is 0.132. The Kier molecular flexibility index (Phi) is 4.51. The average Bonchev–Trinajstić information content (AvgIpc) is 2.54. The molecule has 25 heavy (non-hydrogen) atoms. The first-order chi connectivity index (χ1) is 11.8. The first-order valence-corrected chi connectivity index (χ1v) is 7.52. The van der Waals surface area contributed by atoms with Gasteiger partial charge in [0, 0.05) is 26.1 Å². The Labute approximate surface area is 140 Å². The predicted molar refractivity (Wildman–Crippen MR) is 80.6 cm³/mol. The van der Waals surface area contributed by atoms with E-state index in [-0.39, 0.29) is 30.0 Å². The van der Waals surface area contributed by atoms with Gasteiger partial charge in [-0.3, -0.25) is 9.69 Å². The summed E-state index contributed by atoms with van der Waals surface area (Å²) >= 11 is 0. The van der Waals surface area contributed by atoms with Crippen LogP contribution in [-0.2, 0) is 25.7 Å². The number of nitrogens with zero attached hydrogens (tertiary/aromatic N) is 2. The van der Waals surface area contributed by atoms with Gasteiger partial charge in [0.2, 0.25) is 5.82 Å². The highest BCUT2D eigenvalue weighted by atomic mass is 19.4. The molecule has 1 aromatic carbocycles. The molecule has 0 atom stereocenters. The van der Waals surface area contributed by atoms with Crippen LogP contribution in [0, 0.1) is 5.82 Å². The van der Waals surface area contributed by atoms with Gasteiger partial charge in [-0.2, -0.15) is 13.2 Å². The van der Waals surface area contributed by atoms with Gasteiger partial charge in [0.25, 0.3) is 5.56 Å². The zero-order chi connectivity index (χ0) is 18.2. The van der Waals surface area contributed by atoms with Crippen LogP contribution < -0.4 is 10.3 Å². The molecule has 1 aliphatic heterocycles. The van der Waals surface area contributed by atoms with Crippen molar-refractivity contribution in [2.45, 2.75) is 25.7 Å². The van der Waals surface area contributed by atoms with Gasteiger partial charge >= 0.3 is 6.18 Å². The quantitative estimate of drug-likeness (QED) is 0.858. The Morgan fingerprint density at radius 3 is 2.76 bits per heavy atom. The monoisotopic (exact) mass is 357 g/mol. The maximum Gasteiger partial charge on any atom is 0.449 e. The second-order valence-corrected chi connectivity index (χ2v) is 5.77. The van der Waals surface area contributed by atoms with Gasteiger partial charge in [0.05, 0.1) is 18.4 Å². The van der Waals surface area contributed by atoms with E-state index in [0.717, 1.165) is 0 Å². The number of alkyl halides is 3. The van der Waals surface area contributed by atoms with Gasteiger partial charge in [-0.05, 0) is 17.7 Å². The largest absolute Gasteiger partial charge is 0.494 e. The number of aromatic amines is 1. The van der Waals surface area contributed by atoms with Crippen LogP contribution in [0.1, 0.15) is 22.6 Å². The van der Waals surface area contributed by atoms with Gasteiger partial charge < -0.3 is 9.72 Å². The molecule has 9 heteroatoms. The van der Waals surface area contributed by atoms with Crippen molar-refractivity contribution in [1.82, 2.24) is 14.9 Å². The van der Waals surface area contributed by atoms with E-state index in [1.165, 1.54) is 19.2 Å². The Balaban J connectivity index is 1.80. The van der Waals surface area contributed by atoms with Crippen LogP contribution in [0.3, 0.4) is 0 Å². The third-order valence-corrected chi connectivity index (χ3v) is 4.04. The number of hydrogen-bond acceptors (Lipinski definition) is 4. The normalized spacial score (nSPS) is 15.1. The first-order valence-electron chi connectivity index (χ1n) is 7.52. The lowest BCUT2D eigenvalue weighted by Gasteiger charge is -2.27. The number of rotatable bonds is 3. The van der Waals surface area contributed by atoms with Crippen LogP contribution in [0.15, 0.2) is 23.0 Å². The molecule has 5 nitrogen and oxygen atoms in total. The van der Waals surface area contributed by atoms with Crippen molar-refractivity contribution in [3.05, 3.63) is 57.0 Å². The molecular weight excluding hydrogens is 342 g/mol. The Hall–Kier alpha value is -2.42. The molecule has 2 aromatic rings. The third kappa shape index (κ3) is 3.65. The molecule has 0 saturated heterocycles. The van der Waals surface area contributed by atoms with E-state index in [0.29, 0.717) is 18.7 Å². The lowest BCUT2D eigenvalue weighted by atomic mass is 10.1. The van der Waals surface area contributed by atoms with Crippen molar-refractivity contribution in [1.29, 1.82) is 0 Å². The van der Waals surface area contributed by atoms with E-state index >= 15 is 0 Å². The van der Waals surface area contributed by atoms with Crippen molar-refractivity contribution >= 4 is 0 Å². The molecule has 0 saturated carbocycles. The summed E-state index contributed by atoms with van der Waals surface area (Å²) < 4.78 is 56.7. The number of halogens is 4. The number of fused-ring (bicyclic) bond motifs is 1. The molecule has 0 bridgehead atoms. The summed E-state index contributed by atoms with van der Waals surface area (Å²) in [6.07, 6.45) is -4.47. The smallest absolute Gasteiger partial charge is 0.449 e. The van der Waals surface area contributed by atoms with E-state index in [1.54, 1.807) is 11.1 Å². The van der Waals surface area contributed by atoms with E-state index in [1.807, 2.05) is 4.90 Å². The minimum Gasteiger partial charge on any atom is -0.494 e. The van der Waals surface area contributed by atoms with Crippen LogP contribution in [0.5, 0.6) is 5.75 Å². The molecule has 134 valence electrons. The molecule has 0 fully saturated rings. The predicted octanol–water partition coefficient (Wildman–Crippen LogP) is 2.49. The summed E-state index contributed by atoms with van der Waals surface area (Å²) in [5, 5.41) is 0. The van der Waals surface area contributed by atoms with Crippen LogP contribution in [0.2, 0.25) is 0 Å². The topological polar surface area (TPSA) is 58.2 Å². The van der Waals surface area contributed by atoms with Crippen molar-refractivity contribution in [2.24, 2.45) is 0 Å². The maximum absolute atomic E-state index is 13.7. The Morgan fingerprint density at radius 2 is 2.12 bits per heavy atom. The molecule has 1 aliphatic rings. The molecule has 1 aromatic heterocycles. The number of H-pyrrole nitrogens is 1. The summed E-state index contributed by atoms with van der Waals surface area (Å²) in [5.74, 6) is -1.64. The fraction of sp³-hybridized carbons (Fsp3) is 0.375. The zero-order valence-electron chi connectivity index (χ0n) is 13.3. The SMILES string of the molecule is COc1ccc(CN2CCc3nc(C(F)(F)F)[nH]c(=O)c3C2)cc1F. The maximum atomic E-state index is 13.7. The Bertz CT molecular complexity index is 848. The van der Waals surface area contributed by atoms with Crippen molar-refractivity contribution in [3.8, 4) is 5.75 Å². The number of hydrogen-bond donors (Lipinski definition) is 1. The lowest BCUT2D eigenvalue weighted by Crippen LogP contribution is -2.36. The van der Waals surface area contributed by atoms with Crippen molar-refractivity contribution in [2.75, 3.05) is 13.7 Å². The van der Waals surface area contributed by atoms with Crippen LogP contribution in [0.4, 0.5) is 17.6 Å². The molecule has 0 spiro atoms. The van der Waals surface area contributed by atoms with Gasteiger partial charge in [0.1, 0.15) is 0 Å². The van der Waals surface area contributed by atoms with E-state index in [4.69, 9.17) is 4.74 Å². The van der Waals surface area contributed by atoms with Crippen molar-refractivity contribution < 1.29 is 22.3 Å². The second-order valence-electron chi connectivity index (χ2n) is 5.77. The van der Waals surface area contributed by atoms with Crippen LogP contribution in [-0.4, -0.2) is 28.5 Å². The number of methoxy groups -OCH3 is 1. The van der Waals surface area contributed by atoms with E-state index in [2.05, 4.69) is 4.98 Å². The summed E-state index contributed by atoms with van der Waals surface area (Å²) in [4.78, 5) is 19.2. The fourth-order valence-corrected chi connectivity index (χ4v) is 2.82. The number of benzene rings is 1. The van der Waals surface area contributed by atoms with Gasteiger partial charge in [0.15, 0.2) is 11.6 Å². The average molecular weight is 357 g/mol. The van der Waals surface area contributed by atoms with Crippen LogP contribution in [0.25, 0.3) is 0 Å². The minimum atomic E-state index is -4.69. The molecule has 3 rings (SSSR count). The third-order valence-electron chi connectivity index (χ3n) is 4.04. The molecule has 0 aliphatic carbocycles. The summed E-state index contributed by atoms with van der Waals surface area (Å²) in [5.41, 5.74) is 0.266. The highest BCUT2D eigenvalue weighted by molar-refractivity contribution is 5.29. The van der Waals surface area contributed by atoms with E-state index in [9.17, 15) is 22.4 Å². The van der Waals surface area contributed by atoms with Gasteiger partial charge in [-0.25, -0.2) is 9.37 Å². The summed E-state index contributed by atoms with van der Waals surface area (Å²) in [6.45, 7) is 0.943.